The Bertz CT molecular complexity index is 1780. The molecule has 7 heteroatoms. The third-order valence-electron chi connectivity index (χ3n) is 6.68. The minimum Gasteiger partial charge on any atom is -0.455 e. The van der Waals surface area contributed by atoms with Crippen molar-refractivity contribution in [2.75, 3.05) is 5.73 Å². The van der Waals surface area contributed by atoms with Gasteiger partial charge in [0.1, 0.15) is 28.6 Å². The maximum Gasteiger partial charge on any atom is 0.251 e. The molecule has 6 aromatic rings. The molecule has 3 N–H and O–H groups in total. The lowest BCUT2D eigenvalue weighted by Crippen LogP contribution is -2.24. The molecule has 0 saturated heterocycles. The van der Waals surface area contributed by atoms with E-state index in [0.29, 0.717) is 40.2 Å². The molecule has 0 aliphatic heterocycles. The van der Waals surface area contributed by atoms with E-state index < -0.39 is 11.6 Å². The van der Waals surface area contributed by atoms with Crippen LogP contribution in [0.25, 0.3) is 43.8 Å². The SMILES string of the molecule is Cc1cc(N)nc(C)c1CNC(=O)c1ccc2c(c1)c1oc2c2cc(-c3cc(F)cc(F)c3)ccc21. The Labute approximate surface area is 204 Å². The molecule has 0 aliphatic carbocycles. The van der Waals surface area contributed by atoms with E-state index in [1.807, 2.05) is 44.2 Å². The van der Waals surface area contributed by atoms with Crippen LogP contribution in [0.5, 0.6) is 0 Å². The summed E-state index contributed by atoms with van der Waals surface area (Å²) < 4.78 is 33.6. The number of hydrogen-bond donors (Lipinski definition) is 2. The van der Waals surface area contributed by atoms with E-state index in [1.165, 1.54) is 12.1 Å². The number of nitrogens with one attached hydrogen (secondary N) is 1. The van der Waals surface area contributed by atoms with Crippen LogP contribution in [0.1, 0.15) is 27.2 Å². The molecule has 178 valence electrons. The van der Waals surface area contributed by atoms with Crippen LogP contribution >= 0.6 is 0 Å². The molecule has 2 bridgehead atoms. The summed E-state index contributed by atoms with van der Waals surface area (Å²) in [4.78, 5) is 17.2. The van der Waals surface area contributed by atoms with Gasteiger partial charge in [-0.25, -0.2) is 13.8 Å². The van der Waals surface area contributed by atoms with Crippen LogP contribution < -0.4 is 11.1 Å². The maximum atomic E-state index is 13.7. The van der Waals surface area contributed by atoms with Crippen LogP contribution in [0.15, 0.2) is 65.1 Å². The van der Waals surface area contributed by atoms with Gasteiger partial charge in [0, 0.05) is 45.4 Å². The highest BCUT2D eigenvalue weighted by Crippen LogP contribution is 2.42. The monoisotopic (exact) mass is 481 g/mol. The van der Waals surface area contributed by atoms with Crippen LogP contribution in [-0.2, 0) is 6.54 Å². The molecule has 0 saturated carbocycles. The summed E-state index contributed by atoms with van der Waals surface area (Å²) in [6, 6.07) is 16.3. The van der Waals surface area contributed by atoms with Gasteiger partial charge in [-0.3, -0.25) is 4.79 Å². The third kappa shape index (κ3) is 3.51. The standard InChI is InChI=1S/C29H21F2N3O2/c1-14-7-26(32)34-15(2)25(14)13-33-29(35)17-4-6-22-24(11-17)28-21-5-3-16(10-23(21)27(22)36-28)18-8-19(30)12-20(31)9-18/h3-12H,13H2,1-2H3,(H2,32,34)(H,33,35). The molecule has 0 spiro atoms. The molecule has 5 nitrogen and oxygen atoms in total. The predicted molar refractivity (Wildman–Crippen MR) is 137 cm³/mol. The number of anilines is 1. The molecule has 0 atom stereocenters. The zero-order chi connectivity index (χ0) is 25.1. The number of amides is 1. The highest BCUT2D eigenvalue weighted by Gasteiger charge is 2.20. The van der Waals surface area contributed by atoms with Gasteiger partial charge in [0.05, 0.1) is 0 Å². The average Bonchev–Trinajstić information content (AvgIpc) is 3.39. The number of halogens is 2. The number of hydrogen-bond acceptors (Lipinski definition) is 4. The van der Waals surface area contributed by atoms with Crippen molar-refractivity contribution in [2.45, 2.75) is 20.4 Å². The Balaban J connectivity index is 1.34. The van der Waals surface area contributed by atoms with Gasteiger partial charge in [0.25, 0.3) is 5.91 Å². The molecular weight excluding hydrogens is 460 g/mol. The fraction of sp³-hybridized carbons (Fsp3) is 0.103. The Morgan fingerprint density at radius 1 is 0.861 bits per heavy atom. The van der Waals surface area contributed by atoms with Crippen molar-refractivity contribution in [3.8, 4) is 11.1 Å². The van der Waals surface area contributed by atoms with Crippen LogP contribution in [-0.4, -0.2) is 10.9 Å². The van der Waals surface area contributed by atoms with Crippen molar-refractivity contribution in [2.24, 2.45) is 0 Å². The average molecular weight is 482 g/mol. The Morgan fingerprint density at radius 3 is 2.22 bits per heavy atom. The normalized spacial score (nSPS) is 11.7. The molecule has 0 fully saturated rings. The molecule has 36 heavy (non-hydrogen) atoms. The number of pyridine rings is 1. The number of aromatic nitrogens is 1. The van der Waals surface area contributed by atoms with E-state index in [2.05, 4.69) is 10.3 Å². The second kappa shape index (κ2) is 8.02. The number of nitrogen functional groups attached to an aromatic ring is 1. The molecule has 3 aromatic carbocycles. The van der Waals surface area contributed by atoms with Gasteiger partial charge in [-0.05, 0) is 84.6 Å². The van der Waals surface area contributed by atoms with E-state index in [-0.39, 0.29) is 5.91 Å². The molecule has 6 rings (SSSR count). The number of carbonyl (C=O) groups is 1. The van der Waals surface area contributed by atoms with Crippen molar-refractivity contribution >= 4 is 44.4 Å². The molecule has 1 amide bonds. The second-order valence-corrected chi connectivity index (χ2v) is 9.05. The number of rotatable bonds is 4. The molecule has 3 aromatic heterocycles. The van der Waals surface area contributed by atoms with Crippen molar-refractivity contribution in [3.63, 3.8) is 0 Å². The highest BCUT2D eigenvalue weighted by atomic mass is 19.1. The molecule has 0 unspecified atom stereocenters. The maximum absolute atomic E-state index is 13.7. The second-order valence-electron chi connectivity index (χ2n) is 9.05. The Kier molecular flexibility index (Phi) is 4.89. The fourth-order valence-corrected chi connectivity index (χ4v) is 4.94. The smallest absolute Gasteiger partial charge is 0.251 e. The number of nitrogens with zero attached hydrogens (tertiary/aromatic N) is 1. The zero-order valence-electron chi connectivity index (χ0n) is 19.6. The number of furan rings is 2. The minimum absolute atomic E-state index is 0.203. The van der Waals surface area contributed by atoms with E-state index in [9.17, 15) is 13.6 Å². The van der Waals surface area contributed by atoms with Crippen molar-refractivity contribution in [1.82, 2.24) is 10.3 Å². The molecule has 3 heterocycles. The summed E-state index contributed by atoms with van der Waals surface area (Å²) >= 11 is 0. The van der Waals surface area contributed by atoms with Crippen LogP contribution in [0.4, 0.5) is 14.6 Å². The number of nitrogens with two attached hydrogens (primary N) is 1. The number of carbonyl (C=O) groups excluding carboxylic acids is 1. The first-order chi connectivity index (χ1) is 17.3. The highest BCUT2D eigenvalue weighted by molar-refractivity contribution is 6.26. The number of benzene rings is 4. The fourth-order valence-electron chi connectivity index (χ4n) is 4.94. The summed E-state index contributed by atoms with van der Waals surface area (Å²) in [5.41, 5.74) is 11.5. The van der Waals surface area contributed by atoms with Gasteiger partial charge in [-0.2, -0.15) is 0 Å². The van der Waals surface area contributed by atoms with Crippen molar-refractivity contribution < 1.29 is 18.0 Å². The molecular formula is C29H21F2N3O2. The third-order valence-corrected chi connectivity index (χ3v) is 6.68. The summed E-state index contributed by atoms with van der Waals surface area (Å²) in [6.07, 6.45) is 0. The largest absolute Gasteiger partial charge is 0.455 e. The summed E-state index contributed by atoms with van der Waals surface area (Å²) in [5, 5.41) is 6.44. The Morgan fingerprint density at radius 2 is 1.53 bits per heavy atom. The lowest BCUT2D eigenvalue weighted by molar-refractivity contribution is 0.0951. The zero-order valence-corrected chi connectivity index (χ0v) is 19.6. The van der Waals surface area contributed by atoms with Crippen molar-refractivity contribution in [3.05, 3.63) is 94.7 Å². The van der Waals surface area contributed by atoms with Crippen LogP contribution in [0.3, 0.4) is 0 Å². The first-order valence-electron chi connectivity index (χ1n) is 11.5. The summed E-state index contributed by atoms with van der Waals surface area (Å²) in [5.74, 6) is -0.997. The summed E-state index contributed by atoms with van der Waals surface area (Å²) in [7, 11) is 0. The van der Waals surface area contributed by atoms with Gasteiger partial charge < -0.3 is 15.5 Å². The Hall–Kier alpha value is -4.52. The lowest BCUT2D eigenvalue weighted by atomic mass is 9.97. The van der Waals surface area contributed by atoms with Gasteiger partial charge in [0.15, 0.2) is 0 Å². The van der Waals surface area contributed by atoms with E-state index >= 15 is 0 Å². The van der Waals surface area contributed by atoms with Gasteiger partial charge in [0.2, 0.25) is 0 Å². The van der Waals surface area contributed by atoms with E-state index in [1.54, 1.807) is 12.1 Å². The van der Waals surface area contributed by atoms with Gasteiger partial charge >= 0.3 is 0 Å². The summed E-state index contributed by atoms with van der Waals surface area (Å²) in [6.45, 7) is 4.16. The minimum atomic E-state index is -0.626. The van der Waals surface area contributed by atoms with Crippen LogP contribution in [0.2, 0.25) is 0 Å². The topological polar surface area (TPSA) is 81.1 Å². The predicted octanol–water partition coefficient (Wildman–Crippen LogP) is 6.65. The first kappa shape index (κ1) is 22.0. The molecule has 0 aliphatic rings. The van der Waals surface area contributed by atoms with E-state index in [4.69, 9.17) is 10.2 Å². The lowest BCUT2D eigenvalue weighted by Gasteiger charge is -2.11. The molecule has 0 radical (unpaired) electrons. The number of aryl methyl sites for hydroxylation is 2. The van der Waals surface area contributed by atoms with E-state index in [0.717, 1.165) is 44.4 Å². The van der Waals surface area contributed by atoms with Crippen molar-refractivity contribution in [1.29, 1.82) is 0 Å². The number of fused-ring (bicyclic) bond motifs is 8. The van der Waals surface area contributed by atoms with Gasteiger partial charge in [-0.1, -0.05) is 6.07 Å². The van der Waals surface area contributed by atoms with Gasteiger partial charge in [-0.15, -0.1) is 0 Å². The first-order valence-corrected chi connectivity index (χ1v) is 11.5. The van der Waals surface area contributed by atoms with Crippen LogP contribution in [0, 0.1) is 25.5 Å². The quantitative estimate of drug-likeness (QED) is 0.276.